The highest BCUT2D eigenvalue weighted by Gasteiger charge is 2.25. The van der Waals surface area contributed by atoms with E-state index in [-0.39, 0.29) is 0 Å². The molecule has 1 aliphatic rings. The third-order valence-electron chi connectivity index (χ3n) is 4.87. The van der Waals surface area contributed by atoms with Crippen molar-refractivity contribution in [2.24, 2.45) is 0 Å². The number of likely N-dealkylation sites (N-methyl/N-ethyl adjacent to an activating group) is 1. The average Bonchev–Trinajstić information content (AvgIpc) is 2.60. The first-order valence-electron chi connectivity index (χ1n) is 8.50. The molecule has 2 aromatic carbocycles. The largest absolute Gasteiger partial charge is 0.480 e. The fourth-order valence-electron chi connectivity index (χ4n) is 3.33. The number of hydrogen-bond donors (Lipinski definition) is 2. The third-order valence-corrected chi connectivity index (χ3v) is 5.12. The smallest absolute Gasteiger partial charge is 0.321 e. The van der Waals surface area contributed by atoms with E-state index in [0.717, 1.165) is 18.5 Å². The number of aliphatic carboxylic acids is 1. The summed E-state index contributed by atoms with van der Waals surface area (Å²) in [5.41, 5.74) is 3.68. The van der Waals surface area contributed by atoms with E-state index in [1.54, 1.807) is 12.1 Å². The van der Waals surface area contributed by atoms with Crippen LogP contribution in [0.25, 0.3) is 0 Å². The van der Waals surface area contributed by atoms with Gasteiger partial charge in [0.25, 0.3) is 0 Å². The van der Waals surface area contributed by atoms with Gasteiger partial charge in [0.1, 0.15) is 6.04 Å². The normalized spacial score (nSPS) is 18.6. The van der Waals surface area contributed by atoms with Crippen molar-refractivity contribution >= 4 is 17.6 Å². The lowest BCUT2D eigenvalue weighted by atomic mass is 9.94. The van der Waals surface area contributed by atoms with Crippen LogP contribution in [0.15, 0.2) is 48.5 Å². The predicted octanol–water partition coefficient (Wildman–Crippen LogP) is 2.98. The standard InChI is InChI=1S/C20H23ClN2O2/c1-23-13-16-5-3-2-4-15(16)11-18(23)12-22-19(20(24)25)10-14-6-8-17(21)9-7-14/h2-9,18-19,22H,10-13H2,1H3,(H,24,25)/t18?,19-/m1/s1. The minimum Gasteiger partial charge on any atom is -0.480 e. The summed E-state index contributed by atoms with van der Waals surface area (Å²) in [6.45, 7) is 1.55. The van der Waals surface area contributed by atoms with Gasteiger partial charge in [0.15, 0.2) is 0 Å². The molecule has 1 aliphatic heterocycles. The van der Waals surface area contributed by atoms with Crippen LogP contribution in [0.1, 0.15) is 16.7 Å². The van der Waals surface area contributed by atoms with E-state index >= 15 is 0 Å². The van der Waals surface area contributed by atoms with Crippen LogP contribution in [0.4, 0.5) is 0 Å². The molecule has 0 fully saturated rings. The van der Waals surface area contributed by atoms with Gasteiger partial charge in [-0.25, -0.2) is 0 Å². The zero-order valence-corrected chi connectivity index (χ0v) is 15.0. The maximum Gasteiger partial charge on any atom is 0.321 e. The first kappa shape index (κ1) is 17.9. The van der Waals surface area contributed by atoms with E-state index in [2.05, 4.69) is 41.5 Å². The highest BCUT2D eigenvalue weighted by molar-refractivity contribution is 6.30. The zero-order chi connectivity index (χ0) is 17.8. The van der Waals surface area contributed by atoms with Crippen molar-refractivity contribution in [1.29, 1.82) is 0 Å². The summed E-state index contributed by atoms with van der Waals surface area (Å²) in [5.74, 6) is -0.825. The number of fused-ring (bicyclic) bond motifs is 1. The van der Waals surface area contributed by atoms with Crippen molar-refractivity contribution in [3.8, 4) is 0 Å². The second-order valence-corrected chi connectivity index (χ2v) is 7.11. The Labute approximate surface area is 153 Å². The fourth-order valence-corrected chi connectivity index (χ4v) is 3.45. The van der Waals surface area contributed by atoms with Crippen molar-refractivity contribution < 1.29 is 9.90 Å². The van der Waals surface area contributed by atoms with Crippen LogP contribution >= 0.6 is 11.6 Å². The molecule has 1 unspecified atom stereocenters. The number of nitrogens with zero attached hydrogens (tertiary/aromatic N) is 1. The van der Waals surface area contributed by atoms with Crippen molar-refractivity contribution in [2.45, 2.75) is 31.5 Å². The lowest BCUT2D eigenvalue weighted by Crippen LogP contribution is -2.49. The van der Waals surface area contributed by atoms with E-state index in [0.29, 0.717) is 24.0 Å². The molecule has 25 heavy (non-hydrogen) atoms. The Kier molecular flexibility index (Phi) is 5.74. The second kappa shape index (κ2) is 8.00. The average molecular weight is 359 g/mol. The first-order valence-corrected chi connectivity index (χ1v) is 8.88. The summed E-state index contributed by atoms with van der Waals surface area (Å²) < 4.78 is 0. The number of benzene rings is 2. The maximum atomic E-state index is 11.6. The molecular weight excluding hydrogens is 336 g/mol. The molecule has 0 radical (unpaired) electrons. The minimum atomic E-state index is -0.825. The van der Waals surface area contributed by atoms with Crippen LogP contribution < -0.4 is 5.32 Å². The summed E-state index contributed by atoms with van der Waals surface area (Å²) in [6, 6.07) is 15.5. The van der Waals surface area contributed by atoms with Crippen LogP contribution in [-0.4, -0.2) is 41.7 Å². The number of nitrogens with one attached hydrogen (secondary N) is 1. The molecule has 2 atom stereocenters. The topological polar surface area (TPSA) is 52.6 Å². The van der Waals surface area contributed by atoms with Gasteiger partial charge in [0.05, 0.1) is 0 Å². The lowest BCUT2D eigenvalue weighted by Gasteiger charge is -2.35. The molecule has 2 aromatic rings. The number of hydrogen-bond acceptors (Lipinski definition) is 3. The molecule has 0 spiro atoms. The van der Waals surface area contributed by atoms with Gasteiger partial charge in [0.2, 0.25) is 0 Å². The lowest BCUT2D eigenvalue weighted by molar-refractivity contribution is -0.139. The Hall–Kier alpha value is -1.88. The van der Waals surface area contributed by atoms with E-state index in [1.807, 2.05) is 12.1 Å². The Morgan fingerprint density at radius 3 is 2.60 bits per heavy atom. The molecule has 0 aliphatic carbocycles. The van der Waals surface area contributed by atoms with Crippen LogP contribution in [0.5, 0.6) is 0 Å². The number of carbonyl (C=O) groups is 1. The van der Waals surface area contributed by atoms with Crippen molar-refractivity contribution in [3.05, 3.63) is 70.2 Å². The molecule has 4 nitrogen and oxygen atoms in total. The molecule has 0 saturated carbocycles. The summed E-state index contributed by atoms with van der Waals surface area (Å²) in [7, 11) is 2.09. The zero-order valence-electron chi connectivity index (χ0n) is 14.3. The maximum absolute atomic E-state index is 11.6. The Morgan fingerprint density at radius 2 is 1.92 bits per heavy atom. The SMILES string of the molecule is CN1Cc2ccccc2CC1CN[C@H](Cc1ccc(Cl)cc1)C(=O)O. The van der Waals surface area contributed by atoms with Gasteiger partial charge < -0.3 is 10.4 Å². The van der Waals surface area contributed by atoms with Crippen LogP contribution in [0, 0.1) is 0 Å². The van der Waals surface area contributed by atoms with Gasteiger partial charge in [-0.15, -0.1) is 0 Å². The summed E-state index contributed by atoms with van der Waals surface area (Å²) in [6.07, 6.45) is 1.38. The Balaban J connectivity index is 1.62. The quantitative estimate of drug-likeness (QED) is 0.833. The summed E-state index contributed by atoms with van der Waals surface area (Å²) in [5, 5.41) is 13.4. The molecule has 2 N–H and O–H groups in total. The Bertz CT molecular complexity index is 733. The van der Waals surface area contributed by atoms with E-state index < -0.39 is 12.0 Å². The number of rotatable bonds is 6. The van der Waals surface area contributed by atoms with Crippen molar-refractivity contribution in [1.82, 2.24) is 10.2 Å². The van der Waals surface area contributed by atoms with Crippen LogP contribution in [-0.2, 0) is 24.2 Å². The fraction of sp³-hybridized carbons (Fsp3) is 0.350. The molecule has 0 aromatic heterocycles. The molecular formula is C20H23ClN2O2. The predicted molar refractivity (Wildman–Crippen MR) is 100.0 cm³/mol. The van der Waals surface area contributed by atoms with Crippen LogP contribution in [0.2, 0.25) is 5.02 Å². The van der Waals surface area contributed by atoms with Crippen LogP contribution in [0.3, 0.4) is 0 Å². The highest BCUT2D eigenvalue weighted by atomic mass is 35.5. The number of carboxylic acid groups (broad SMARTS) is 1. The number of carboxylic acids is 1. The second-order valence-electron chi connectivity index (χ2n) is 6.67. The highest BCUT2D eigenvalue weighted by Crippen LogP contribution is 2.21. The molecule has 0 amide bonds. The van der Waals surface area contributed by atoms with Crippen molar-refractivity contribution in [3.63, 3.8) is 0 Å². The first-order chi connectivity index (χ1) is 12.0. The van der Waals surface area contributed by atoms with Gasteiger partial charge in [-0.3, -0.25) is 9.69 Å². The van der Waals surface area contributed by atoms with E-state index in [4.69, 9.17) is 11.6 Å². The molecule has 132 valence electrons. The summed E-state index contributed by atoms with van der Waals surface area (Å²) >= 11 is 5.89. The van der Waals surface area contributed by atoms with Gasteiger partial charge in [-0.2, -0.15) is 0 Å². The molecule has 0 bridgehead atoms. The van der Waals surface area contributed by atoms with Crippen molar-refractivity contribution in [2.75, 3.05) is 13.6 Å². The van der Waals surface area contributed by atoms with Gasteiger partial charge in [-0.1, -0.05) is 48.0 Å². The van der Waals surface area contributed by atoms with Gasteiger partial charge in [-0.05, 0) is 48.7 Å². The van der Waals surface area contributed by atoms with Gasteiger partial charge >= 0.3 is 5.97 Å². The molecule has 0 saturated heterocycles. The molecule has 3 rings (SSSR count). The molecule has 1 heterocycles. The Morgan fingerprint density at radius 1 is 1.24 bits per heavy atom. The van der Waals surface area contributed by atoms with E-state index in [1.165, 1.54) is 11.1 Å². The van der Waals surface area contributed by atoms with E-state index in [9.17, 15) is 9.90 Å². The minimum absolute atomic E-state index is 0.293. The summed E-state index contributed by atoms with van der Waals surface area (Å²) in [4.78, 5) is 13.9. The monoisotopic (exact) mass is 358 g/mol. The molecule has 5 heteroatoms. The number of halogens is 1. The third kappa shape index (κ3) is 4.60. The van der Waals surface area contributed by atoms with Gasteiger partial charge in [0, 0.05) is 24.2 Å².